The Morgan fingerprint density at radius 1 is 0.941 bits per heavy atom. The molecule has 0 radical (unpaired) electrons. The van der Waals surface area contributed by atoms with Crippen LogP contribution in [0.2, 0.25) is 0 Å². The van der Waals surface area contributed by atoms with E-state index in [4.69, 9.17) is 4.74 Å². The highest BCUT2D eigenvalue weighted by atomic mass is 127. The van der Waals surface area contributed by atoms with E-state index in [2.05, 4.69) is 59.8 Å². The molecule has 0 aliphatic carbocycles. The van der Waals surface area contributed by atoms with Gasteiger partial charge < -0.3 is 4.74 Å². The summed E-state index contributed by atoms with van der Waals surface area (Å²) >= 11 is 2.29. The summed E-state index contributed by atoms with van der Waals surface area (Å²) in [5, 5.41) is 0. The third-order valence-electron chi connectivity index (χ3n) is 2.66. The van der Waals surface area contributed by atoms with Crippen LogP contribution in [0.4, 0.5) is 0 Å². The summed E-state index contributed by atoms with van der Waals surface area (Å²) in [6.07, 6.45) is 1.08. The Balaban J connectivity index is 2.00. The lowest BCUT2D eigenvalue weighted by Gasteiger charge is -2.08. The van der Waals surface area contributed by atoms with Crippen LogP contribution in [-0.2, 0) is 13.0 Å². The fraction of sp³-hybridized carbons (Fsp3) is 0.200. The Morgan fingerprint density at radius 3 is 2.24 bits per heavy atom. The first-order valence-corrected chi connectivity index (χ1v) is 6.82. The topological polar surface area (TPSA) is 9.23 Å². The molecular formula is C15H15IO. The summed E-state index contributed by atoms with van der Waals surface area (Å²) in [4.78, 5) is 0. The molecule has 0 N–H and O–H groups in total. The van der Waals surface area contributed by atoms with Gasteiger partial charge in [0.25, 0.3) is 0 Å². The van der Waals surface area contributed by atoms with Crippen molar-refractivity contribution < 1.29 is 4.74 Å². The number of ether oxygens (including phenoxy) is 1. The van der Waals surface area contributed by atoms with E-state index in [1.54, 1.807) is 0 Å². The van der Waals surface area contributed by atoms with Gasteiger partial charge in [-0.1, -0.05) is 43.3 Å². The van der Waals surface area contributed by atoms with E-state index in [9.17, 15) is 0 Å². The molecule has 0 atom stereocenters. The number of aryl methyl sites for hydroxylation is 1. The molecule has 0 amide bonds. The van der Waals surface area contributed by atoms with Crippen molar-refractivity contribution in [1.82, 2.24) is 0 Å². The van der Waals surface area contributed by atoms with Crippen molar-refractivity contribution in [2.24, 2.45) is 0 Å². The molecule has 2 aromatic carbocycles. The maximum atomic E-state index is 5.79. The predicted octanol–water partition coefficient (Wildman–Crippen LogP) is 4.43. The summed E-state index contributed by atoms with van der Waals surface area (Å²) < 4.78 is 6.94. The minimum Gasteiger partial charge on any atom is -0.488 e. The van der Waals surface area contributed by atoms with E-state index in [1.807, 2.05) is 18.2 Å². The summed E-state index contributed by atoms with van der Waals surface area (Å²) in [5.74, 6) is 0.952. The fourth-order valence-corrected chi connectivity index (χ4v) is 2.14. The van der Waals surface area contributed by atoms with Crippen molar-refractivity contribution in [3.8, 4) is 5.75 Å². The standard InChI is InChI=1S/C15H15IO/c1-2-12-7-9-13(10-8-12)11-17-15-6-4-3-5-14(15)16/h3-10H,2,11H2,1H3. The molecule has 0 aliphatic heterocycles. The molecule has 0 saturated heterocycles. The van der Waals surface area contributed by atoms with Gasteiger partial charge in [-0.2, -0.15) is 0 Å². The van der Waals surface area contributed by atoms with Gasteiger partial charge in [0.05, 0.1) is 3.57 Å². The second-order valence-corrected chi connectivity index (χ2v) is 5.05. The number of rotatable bonds is 4. The largest absolute Gasteiger partial charge is 0.488 e. The molecule has 0 fully saturated rings. The Bertz CT molecular complexity index is 477. The molecule has 88 valence electrons. The zero-order chi connectivity index (χ0) is 12.1. The number of hydrogen-bond acceptors (Lipinski definition) is 1. The van der Waals surface area contributed by atoms with Gasteiger partial charge in [-0.05, 0) is 52.3 Å². The van der Waals surface area contributed by atoms with Crippen LogP contribution >= 0.6 is 22.6 Å². The highest BCUT2D eigenvalue weighted by Crippen LogP contribution is 2.20. The maximum Gasteiger partial charge on any atom is 0.133 e. The van der Waals surface area contributed by atoms with Crippen molar-refractivity contribution in [1.29, 1.82) is 0 Å². The van der Waals surface area contributed by atoms with Crippen LogP contribution in [-0.4, -0.2) is 0 Å². The molecule has 0 bridgehead atoms. The Kier molecular flexibility index (Phi) is 4.42. The van der Waals surface area contributed by atoms with Crippen LogP contribution < -0.4 is 4.74 Å². The first-order valence-electron chi connectivity index (χ1n) is 5.74. The average Bonchev–Trinajstić information content (AvgIpc) is 2.38. The lowest BCUT2D eigenvalue weighted by molar-refractivity contribution is 0.304. The number of benzene rings is 2. The van der Waals surface area contributed by atoms with Gasteiger partial charge in [-0.3, -0.25) is 0 Å². The minimum absolute atomic E-state index is 0.629. The van der Waals surface area contributed by atoms with Crippen LogP contribution in [0.3, 0.4) is 0 Å². The van der Waals surface area contributed by atoms with E-state index >= 15 is 0 Å². The second kappa shape index (κ2) is 6.05. The maximum absolute atomic E-state index is 5.79. The van der Waals surface area contributed by atoms with Crippen LogP contribution in [0.15, 0.2) is 48.5 Å². The SMILES string of the molecule is CCc1ccc(COc2ccccc2I)cc1. The van der Waals surface area contributed by atoms with Crippen LogP contribution in [0, 0.1) is 3.57 Å². The molecule has 0 heterocycles. The lowest BCUT2D eigenvalue weighted by Crippen LogP contribution is -1.96. The minimum atomic E-state index is 0.629. The van der Waals surface area contributed by atoms with Crippen molar-refractivity contribution in [2.45, 2.75) is 20.0 Å². The normalized spacial score (nSPS) is 10.2. The Labute approximate surface area is 116 Å². The van der Waals surface area contributed by atoms with Crippen LogP contribution in [0.25, 0.3) is 0 Å². The lowest BCUT2D eigenvalue weighted by atomic mass is 10.1. The zero-order valence-electron chi connectivity index (χ0n) is 9.82. The first-order chi connectivity index (χ1) is 8.29. The van der Waals surface area contributed by atoms with Gasteiger partial charge in [-0.25, -0.2) is 0 Å². The summed E-state index contributed by atoms with van der Waals surface area (Å²) in [5.41, 5.74) is 2.57. The fourth-order valence-electron chi connectivity index (χ4n) is 1.59. The molecule has 17 heavy (non-hydrogen) atoms. The van der Waals surface area contributed by atoms with E-state index in [-0.39, 0.29) is 0 Å². The zero-order valence-corrected chi connectivity index (χ0v) is 12.0. The second-order valence-electron chi connectivity index (χ2n) is 3.89. The molecule has 0 aliphatic rings. The van der Waals surface area contributed by atoms with Gasteiger partial charge in [0.15, 0.2) is 0 Å². The van der Waals surface area contributed by atoms with E-state index in [0.29, 0.717) is 6.61 Å². The van der Waals surface area contributed by atoms with Gasteiger partial charge >= 0.3 is 0 Å². The molecule has 1 nitrogen and oxygen atoms in total. The summed E-state index contributed by atoms with van der Waals surface area (Å²) in [7, 11) is 0. The quantitative estimate of drug-likeness (QED) is 0.750. The predicted molar refractivity (Wildman–Crippen MR) is 79.3 cm³/mol. The highest BCUT2D eigenvalue weighted by Gasteiger charge is 1.99. The Hall–Kier alpha value is -1.03. The van der Waals surface area contributed by atoms with Gasteiger partial charge in [-0.15, -0.1) is 0 Å². The molecule has 2 aromatic rings. The first kappa shape index (κ1) is 12.4. The number of para-hydroxylation sites is 1. The monoisotopic (exact) mass is 338 g/mol. The van der Waals surface area contributed by atoms with Crippen molar-refractivity contribution >= 4 is 22.6 Å². The molecule has 2 rings (SSSR count). The number of halogens is 1. The van der Waals surface area contributed by atoms with Gasteiger partial charge in [0, 0.05) is 0 Å². The Morgan fingerprint density at radius 2 is 1.59 bits per heavy atom. The van der Waals surface area contributed by atoms with E-state index < -0.39 is 0 Å². The number of hydrogen-bond donors (Lipinski definition) is 0. The van der Waals surface area contributed by atoms with E-state index in [1.165, 1.54) is 11.1 Å². The van der Waals surface area contributed by atoms with Crippen molar-refractivity contribution in [3.05, 3.63) is 63.2 Å². The molecule has 0 aromatic heterocycles. The third-order valence-corrected chi connectivity index (χ3v) is 3.55. The summed E-state index contributed by atoms with van der Waals surface area (Å²) in [6.45, 7) is 2.79. The van der Waals surface area contributed by atoms with Crippen molar-refractivity contribution in [2.75, 3.05) is 0 Å². The smallest absolute Gasteiger partial charge is 0.133 e. The highest BCUT2D eigenvalue weighted by molar-refractivity contribution is 14.1. The summed E-state index contributed by atoms with van der Waals surface area (Å²) in [6, 6.07) is 16.7. The molecule has 0 saturated carbocycles. The van der Waals surface area contributed by atoms with E-state index in [0.717, 1.165) is 15.7 Å². The van der Waals surface area contributed by atoms with Crippen LogP contribution in [0.5, 0.6) is 5.75 Å². The van der Waals surface area contributed by atoms with Crippen molar-refractivity contribution in [3.63, 3.8) is 0 Å². The molecule has 0 unspecified atom stereocenters. The van der Waals surface area contributed by atoms with Crippen LogP contribution in [0.1, 0.15) is 18.1 Å². The third kappa shape index (κ3) is 3.46. The van der Waals surface area contributed by atoms with Gasteiger partial charge in [0.1, 0.15) is 12.4 Å². The average molecular weight is 338 g/mol. The molecule has 2 heteroatoms. The molecular weight excluding hydrogens is 323 g/mol. The molecule has 0 spiro atoms. The van der Waals surface area contributed by atoms with Gasteiger partial charge in [0.2, 0.25) is 0 Å².